The van der Waals surface area contributed by atoms with Crippen molar-refractivity contribution >= 4 is 11.0 Å². The van der Waals surface area contributed by atoms with Crippen LogP contribution in [0, 0.1) is 5.82 Å². The monoisotopic (exact) mass is 515 g/mol. The molecule has 0 aliphatic carbocycles. The van der Waals surface area contributed by atoms with E-state index >= 15 is 0 Å². The van der Waals surface area contributed by atoms with Gasteiger partial charge in [0.1, 0.15) is 18.2 Å². The summed E-state index contributed by atoms with van der Waals surface area (Å²) in [5.74, 6) is -1.14. The van der Waals surface area contributed by atoms with Crippen molar-refractivity contribution in [2.24, 2.45) is 0 Å². The zero-order chi connectivity index (χ0) is 26.4. The SMILES string of the molecule is CC1CC(O)(c2ccc(C(F)F)c(F)c2)CC(COc2cc(C(F)(F)F)c3c(c2)ncn3C(C)C)N1. The van der Waals surface area contributed by atoms with Gasteiger partial charge < -0.3 is 19.7 Å². The fourth-order valence-corrected chi connectivity index (χ4v) is 4.89. The standard InChI is InChI=1S/C25H27F6N3O2/c1-13(2)34-12-32-21-8-17(7-19(22(21)34)25(29,30)31)36-11-16-10-24(35,9-14(3)33-16)15-4-5-18(23(27)28)20(26)6-15/h4-8,12-14,16,23,33,35H,9-11H2,1-3H3. The highest BCUT2D eigenvalue weighted by Crippen LogP contribution is 2.39. The molecule has 1 aliphatic rings. The number of nitrogens with one attached hydrogen (secondary N) is 1. The molecule has 11 heteroatoms. The van der Waals surface area contributed by atoms with E-state index in [1.165, 1.54) is 23.0 Å². The van der Waals surface area contributed by atoms with Crippen molar-refractivity contribution in [1.82, 2.24) is 14.9 Å². The van der Waals surface area contributed by atoms with E-state index in [1.807, 2.05) is 0 Å². The average molecular weight is 515 g/mol. The van der Waals surface area contributed by atoms with Crippen LogP contribution in [-0.4, -0.2) is 33.3 Å². The van der Waals surface area contributed by atoms with Crippen LogP contribution in [0.4, 0.5) is 26.3 Å². The lowest BCUT2D eigenvalue weighted by molar-refractivity contribution is -0.136. The van der Waals surface area contributed by atoms with E-state index in [4.69, 9.17) is 4.74 Å². The zero-order valence-electron chi connectivity index (χ0n) is 19.9. The van der Waals surface area contributed by atoms with Crippen LogP contribution in [0.1, 0.15) is 62.8 Å². The van der Waals surface area contributed by atoms with Gasteiger partial charge in [-0.15, -0.1) is 0 Å². The second-order valence-corrected chi connectivity index (χ2v) is 9.63. The van der Waals surface area contributed by atoms with E-state index in [0.29, 0.717) is 0 Å². The first-order valence-electron chi connectivity index (χ1n) is 11.6. The Morgan fingerprint density at radius 1 is 1.19 bits per heavy atom. The first-order valence-corrected chi connectivity index (χ1v) is 11.6. The van der Waals surface area contributed by atoms with Gasteiger partial charge in [0, 0.05) is 24.2 Å². The second-order valence-electron chi connectivity index (χ2n) is 9.63. The molecule has 2 aromatic carbocycles. The number of aliphatic hydroxyl groups is 1. The molecule has 0 amide bonds. The number of rotatable bonds is 6. The summed E-state index contributed by atoms with van der Waals surface area (Å²) in [4.78, 5) is 4.11. The van der Waals surface area contributed by atoms with Gasteiger partial charge in [-0.3, -0.25) is 0 Å². The van der Waals surface area contributed by atoms with Crippen LogP contribution >= 0.6 is 0 Å². The number of nitrogens with zero attached hydrogens (tertiary/aromatic N) is 2. The molecular weight excluding hydrogens is 488 g/mol. The van der Waals surface area contributed by atoms with Gasteiger partial charge in [-0.2, -0.15) is 13.2 Å². The highest BCUT2D eigenvalue weighted by atomic mass is 19.4. The number of halogens is 6. The van der Waals surface area contributed by atoms with Crippen molar-refractivity contribution in [1.29, 1.82) is 0 Å². The van der Waals surface area contributed by atoms with Gasteiger partial charge >= 0.3 is 6.18 Å². The minimum Gasteiger partial charge on any atom is -0.492 e. The van der Waals surface area contributed by atoms with Gasteiger partial charge in [-0.1, -0.05) is 12.1 Å². The third-order valence-electron chi connectivity index (χ3n) is 6.48. The van der Waals surface area contributed by atoms with E-state index in [0.717, 1.165) is 18.2 Å². The first kappa shape index (κ1) is 26.3. The van der Waals surface area contributed by atoms with Crippen molar-refractivity contribution in [3.05, 3.63) is 59.2 Å². The molecule has 2 N–H and O–H groups in total. The summed E-state index contributed by atoms with van der Waals surface area (Å²) in [7, 11) is 0. The number of benzene rings is 2. The molecular formula is C25H27F6N3O2. The highest BCUT2D eigenvalue weighted by molar-refractivity contribution is 5.81. The third kappa shape index (κ3) is 5.17. The van der Waals surface area contributed by atoms with Crippen LogP contribution in [0.2, 0.25) is 0 Å². The number of alkyl halides is 5. The summed E-state index contributed by atoms with van der Waals surface area (Å²) < 4.78 is 88.7. The minimum atomic E-state index is -4.63. The maximum Gasteiger partial charge on any atom is 0.418 e. The Morgan fingerprint density at radius 3 is 2.53 bits per heavy atom. The maximum atomic E-state index is 14.2. The van der Waals surface area contributed by atoms with Crippen LogP contribution in [0.25, 0.3) is 11.0 Å². The summed E-state index contributed by atoms with van der Waals surface area (Å²) in [6.07, 6.45) is -6.02. The Hall–Kier alpha value is -2.79. The Labute approximate surface area is 204 Å². The van der Waals surface area contributed by atoms with Crippen molar-refractivity contribution in [3.8, 4) is 5.75 Å². The summed E-state index contributed by atoms with van der Waals surface area (Å²) in [6.45, 7) is 5.22. The lowest BCUT2D eigenvalue weighted by atomic mass is 9.79. The number of ether oxygens (including phenoxy) is 1. The van der Waals surface area contributed by atoms with Crippen LogP contribution in [0.3, 0.4) is 0 Å². The molecule has 0 saturated carbocycles. The number of aromatic nitrogens is 2. The van der Waals surface area contributed by atoms with Gasteiger partial charge in [-0.05, 0) is 51.3 Å². The fraction of sp³-hybridized carbons (Fsp3) is 0.480. The number of imidazole rings is 1. The summed E-state index contributed by atoms with van der Waals surface area (Å²) in [6, 6.07) is 4.50. The summed E-state index contributed by atoms with van der Waals surface area (Å²) in [5.41, 5.74) is -2.88. The quantitative estimate of drug-likeness (QED) is 0.389. The normalized spacial score (nSPS) is 23.1. The van der Waals surface area contributed by atoms with Crippen molar-refractivity contribution < 1.29 is 36.2 Å². The lowest BCUT2D eigenvalue weighted by Crippen LogP contribution is -2.53. The minimum absolute atomic E-state index is 0.0280. The molecule has 196 valence electrons. The summed E-state index contributed by atoms with van der Waals surface area (Å²) >= 11 is 0. The van der Waals surface area contributed by atoms with Gasteiger partial charge in [0.05, 0.1) is 34.1 Å². The van der Waals surface area contributed by atoms with Crippen molar-refractivity contribution in [2.75, 3.05) is 6.61 Å². The smallest absolute Gasteiger partial charge is 0.418 e. The predicted molar refractivity (Wildman–Crippen MR) is 121 cm³/mol. The molecule has 4 rings (SSSR count). The molecule has 3 atom stereocenters. The van der Waals surface area contributed by atoms with Gasteiger partial charge in [0.25, 0.3) is 6.43 Å². The average Bonchev–Trinajstić information content (AvgIpc) is 3.20. The largest absolute Gasteiger partial charge is 0.492 e. The Bertz CT molecular complexity index is 1240. The molecule has 36 heavy (non-hydrogen) atoms. The molecule has 1 aliphatic heterocycles. The molecule has 5 nitrogen and oxygen atoms in total. The van der Waals surface area contributed by atoms with E-state index in [2.05, 4.69) is 10.3 Å². The molecule has 1 aromatic heterocycles. The topological polar surface area (TPSA) is 59.3 Å². The Kier molecular flexibility index (Phi) is 7.00. The molecule has 1 saturated heterocycles. The fourth-order valence-electron chi connectivity index (χ4n) is 4.89. The van der Waals surface area contributed by atoms with E-state index in [-0.39, 0.29) is 53.9 Å². The van der Waals surface area contributed by atoms with E-state index in [1.54, 1.807) is 20.8 Å². The second kappa shape index (κ2) is 9.59. The van der Waals surface area contributed by atoms with Crippen LogP contribution in [-0.2, 0) is 11.8 Å². The van der Waals surface area contributed by atoms with Crippen LogP contribution in [0.15, 0.2) is 36.7 Å². The highest BCUT2D eigenvalue weighted by Gasteiger charge is 2.40. The number of piperidine rings is 1. The Balaban J connectivity index is 1.57. The zero-order valence-corrected chi connectivity index (χ0v) is 19.9. The lowest BCUT2D eigenvalue weighted by Gasteiger charge is -2.41. The van der Waals surface area contributed by atoms with Crippen LogP contribution < -0.4 is 10.1 Å². The van der Waals surface area contributed by atoms with Gasteiger partial charge in [0.15, 0.2) is 0 Å². The third-order valence-corrected chi connectivity index (χ3v) is 6.48. The number of hydrogen-bond acceptors (Lipinski definition) is 4. The summed E-state index contributed by atoms with van der Waals surface area (Å²) in [5, 5.41) is 14.5. The van der Waals surface area contributed by atoms with E-state index in [9.17, 15) is 31.4 Å². The molecule has 3 unspecified atom stereocenters. The molecule has 0 spiro atoms. The number of hydrogen-bond donors (Lipinski definition) is 2. The van der Waals surface area contributed by atoms with Crippen molar-refractivity contribution in [3.63, 3.8) is 0 Å². The maximum absolute atomic E-state index is 14.2. The van der Waals surface area contributed by atoms with Gasteiger partial charge in [-0.25, -0.2) is 18.2 Å². The molecule has 1 fully saturated rings. The van der Waals surface area contributed by atoms with Crippen molar-refractivity contribution in [2.45, 2.75) is 69.9 Å². The Morgan fingerprint density at radius 2 is 1.92 bits per heavy atom. The molecule has 0 bridgehead atoms. The predicted octanol–water partition coefficient (Wildman–Crippen LogP) is 6.12. The molecule has 3 aromatic rings. The number of fused-ring (bicyclic) bond motifs is 1. The van der Waals surface area contributed by atoms with Gasteiger partial charge in [0.2, 0.25) is 0 Å². The molecule has 0 radical (unpaired) electrons. The van der Waals surface area contributed by atoms with Crippen LogP contribution in [0.5, 0.6) is 5.75 Å². The molecule has 2 heterocycles. The van der Waals surface area contributed by atoms with E-state index < -0.39 is 41.2 Å². The first-order chi connectivity index (χ1) is 16.8.